The van der Waals surface area contributed by atoms with Crippen LogP contribution in [0.1, 0.15) is 38.1 Å². The second-order valence-electron chi connectivity index (χ2n) is 4.84. The Labute approximate surface area is 106 Å². The molecule has 3 nitrogen and oxygen atoms in total. The van der Waals surface area contributed by atoms with Gasteiger partial charge in [0.1, 0.15) is 5.75 Å². The van der Waals surface area contributed by atoms with Crippen LogP contribution in [0.2, 0.25) is 5.02 Å². The second kappa shape index (κ2) is 4.88. The third-order valence-corrected chi connectivity index (χ3v) is 2.37. The average molecular weight is 255 g/mol. The van der Waals surface area contributed by atoms with Crippen LogP contribution in [0.5, 0.6) is 5.75 Å². The number of benzene rings is 1. The first-order valence-corrected chi connectivity index (χ1v) is 5.62. The number of halogens is 1. The average Bonchev–Trinajstić information content (AvgIpc) is 2.18. The zero-order valence-electron chi connectivity index (χ0n) is 10.3. The van der Waals surface area contributed by atoms with Gasteiger partial charge in [0.2, 0.25) is 0 Å². The van der Waals surface area contributed by atoms with Crippen molar-refractivity contribution < 1.29 is 14.3 Å². The summed E-state index contributed by atoms with van der Waals surface area (Å²) in [5, 5.41) is 0.436. The van der Waals surface area contributed by atoms with Crippen LogP contribution >= 0.6 is 11.6 Å². The van der Waals surface area contributed by atoms with Gasteiger partial charge in [-0.05, 0) is 45.9 Å². The SMILES string of the molecule is CC(=O)c1cc(Cl)ccc1OC(=O)C(C)(C)C. The van der Waals surface area contributed by atoms with E-state index in [2.05, 4.69) is 0 Å². The Kier molecular flexibility index (Phi) is 3.94. The molecule has 17 heavy (non-hydrogen) atoms. The van der Waals surface area contributed by atoms with Gasteiger partial charge in [0, 0.05) is 5.02 Å². The Balaban J connectivity index is 3.07. The van der Waals surface area contributed by atoms with Crippen LogP contribution in [0.25, 0.3) is 0 Å². The molecule has 0 heterocycles. The van der Waals surface area contributed by atoms with Crippen molar-refractivity contribution in [2.45, 2.75) is 27.7 Å². The summed E-state index contributed by atoms with van der Waals surface area (Å²) < 4.78 is 5.21. The van der Waals surface area contributed by atoms with Crippen LogP contribution in [0.4, 0.5) is 0 Å². The molecule has 1 aromatic carbocycles. The van der Waals surface area contributed by atoms with Gasteiger partial charge in [0.25, 0.3) is 0 Å². The Morgan fingerprint density at radius 3 is 2.29 bits per heavy atom. The van der Waals surface area contributed by atoms with E-state index in [0.717, 1.165) is 0 Å². The smallest absolute Gasteiger partial charge is 0.316 e. The lowest BCUT2D eigenvalue weighted by molar-refractivity contribution is -0.143. The summed E-state index contributed by atoms with van der Waals surface area (Å²) in [6, 6.07) is 4.61. The molecule has 1 rings (SSSR count). The fourth-order valence-corrected chi connectivity index (χ4v) is 1.29. The van der Waals surface area contributed by atoms with Gasteiger partial charge in [0.15, 0.2) is 5.78 Å². The molecular weight excluding hydrogens is 240 g/mol. The molecule has 0 radical (unpaired) electrons. The standard InChI is InChI=1S/C13H15ClO3/c1-8(15)10-7-9(14)5-6-11(10)17-12(16)13(2,3)4/h5-7H,1-4H3. The number of hydrogen-bond acceptors (Lipinski definition) is 3. The van der Waals surface area contributed by atoms with Gasteiger partial charge in [-0.1, -0.05) is 11.6 Å². The van der Waals surface area contributed by atoms with Gasteiger partial charge in [-0.25, -0.2) is 0 Å². The van der Waals surface area contributed by atoms with Gasteiger partial charge in [-0.15, -0.1) is 0 Å². The number of carbonyl (C=O) groups is 2. The quantitative estimate of drug-likeness (QED) is 0.461. The van der Waals surface area contributed by atoms with Crippen molar-refractivity contribution >= 4 is 23.4 Å². The summed E-state index contributed by atoms with van der Waals surface area (Å²) in [6.07, 6.45) is 0. The summed E-state index contributed by atoms with van der Waals surface area (Å²) in [4.78, 5) is 23.1. The molecule has 1 aromatic rings. The fraction of sp³-hybridized carbons (Fsp3) is 0.385. The van der Waals surface area contributed by atoms with Crippen molar-refractivity contribution in [2.24, 2.45) is 5.41 Å². The van der Waals surface area contributed by atoms with Crippen molar-refractivity contribution in [1.82, 2.24) is 0 Å². The van der Waals surface area contributed by atoms with E-state index in [-0.39, 0.29) is 17.5 Å². The van der Waals surface area contributed by atoms with Crippen molar-refractivity contribution in [3.63, 3.8) is 0 Å². The monoisotopic (exact) mass is 254 g/mol. The Morgan fingerprint density at radius 2 is 1.82 bits per heavy atom. The van der Waals surface area contributed by atoms with Crippen LogP contribution in [-0.4, -0.2) is 11.8 Å². The predicted molar refractivity (Wildman–Crippen MR) is 66.5 cm³/mol. The van der Waals surface area contributed by atoms with E-state index in [9.17, 15) is 9.59 Å². The lowest BCUT2D eigenvalue weighted by Gasteiger charge is -2.17. The second-order valence-corrected chi connectivity index (χ2v) is 5.27. The highest BCUT2D eigenvalue weighted by Crippen LogP contribution is 2.26. The molecule has 0 N–H and O–H groups in total. The van der Waals surface area contributed by atoms with Gasteiger partial charge in [-0.2, -0.15) is 0 Å². The number of rotatable bonds is 2. The molecule has 0 saturated heterocycles. The summed E-state index contributed by atoms with van der Waals surface area (Å²) in [5.74, 6) is -0.326. The molecule has 0 aromatic heterocycles. The molecule has 4 heteroatoms. The van der Waals surface area contributed by atoms with Gasteiger partial charge >= 0.3 is 5.97 Å². The van der Waals surface area contributed by atoms with Crippen LogP contribution in [-0.2, 0) is 4.79 Å². The Hall–Kier alpha value is -1.35. The van der Waals surface area contributed by atoms with Crippen LogP contribution in [0.15, 0.2) is 18.2 Å². The summed E-state index contributed by atoms with van der Waals surface area (Å²) in [7, 11) is 0. The van der Waals surface area contributed by atoms with Crippen molar-refractivity contribution in [2.75, 3.05) is 0 Å². The number of carbonyl (C=O) groups excluding carboxylic acids is 2. The molecule has 0 aliphatic rings. The maximum Gasteiger partial charge on any atom is 0.316 e. The van der Waals surface area contributed by atoms with E-state index in [4.69, 9.17) is 16.3 Å². The molecule has 0 amide bonds. The number of esters is 1. The van der Waals surface area contributed by atoms with Crippen molar-refractivity contribution in [3.8, 4) is 5.75 Å². The highest BCUT2D eigenvalue weighted by atomic mass is 35.5. The lowest BCUT2D eigenvalue weighted by Crippen LogP contribution is -2.26. The normalized spacial score (nSPS) is 11.1. The van der Waals surface area contributed by atoms with Crippen molar-refractivity contribution in [3.05, 3.63) is 28.8 Å². The van der Waals surface area contributed by atoms with Crippen LogP contribution in [0.3, 0.4) is 0 Å². The number of hydrogen-bond donors (Lipinski definition) is 0. The molecule has 0 aliphatic heterocycles. The molecule has 92 valence electrons. The molecule has 0 aliphatic carbocycles. The topological polar surface area (TPSA) is 43.4 Å². The summed E-state index contributed by atoms with van der Waals surface area (Å²) >= 11 is 5.79. The van der Waals surface area contributed by atoms with Gasteiger partial charge in [-0.3, -0.25) is 9.59 Å². The summed E-state index contributed by atoms with van der Waals surface area (Å²) in [5.41, 5.74) is -0.302. The van der Waals surface area contributed by atoms with Crippen LogP contribution in [0, 0.1) is 5.41 Å². The highest BCUT2D eigenvalue weighted by Gasteiger charge is 2.25. The Bertz CT molecular complexity index is 458. The minimum absolute atomic E-state index is 0.191. The fourth-order valence-electron chi connectivity index (χ4n) is 1.12. The summed E-state index contributed by atoms with van der Waals surface area (Å²) in [6.45, 7) is 6.65. The zero-order valence-corrected chi connectivity index (χ0v) is 11.1. The number of ketones is 1. The maximum atomic E-state index is 11.7. The van der Waals surface area contributed by atoms with Crippen molar-refractivity contribution in [1.29, 1.82) is 0 Å². The predicted octanol–water partition coefficient (Wildman–Crippen LogP) is 3.49. The first kappa shape index (κ1) is 13.7. The minimum atomic E-state index is -0.617. The Morgan fingerprint density at radius 1 is 1.24 bits per heavy atom. The molecular formula is C13H15ClO3. The lowest BCUT2D eigenvalue weighted by atomic mass is 9.97. The molecule has 0 fully saturated rings. The molecule has 0 saturated carbocycles. The number of ether oxygens (including phenoxy) is 1. The first-order valence-electron chi connectivity index (χ1n) is 5.24. The van der Waals surface area contributed by atoms with E-state index in [1.807, 2.05) is 0 Å². The zero-order chi connectivity index (χ0) is 13.2. The molecule has 0 unspecified atom stereocenters. The third kappa shape index (κ3) is 3.56. The molecule has 0 atom stereocenters. The molecule has 0 bridgehead atoms. The van der Waals surface area contributed by atoms with E-state index < -0.39 is 5.41 Å². The third-order valence-electron chi connectivity index (χ3n) is 2.14. The van der Waals surface area contributed by atoms with Gasteiger partial charge < -0.3 is 4.74 Å². The number of Topliss-reactive ketones (excluding diaryl/α,β-unsaturated/α-hetero) is 1. The van der Waals surface area contributed by atoms with E-state index in [0.29, 0.717) is 10.6 Å². The largest absolute Gasteiger partial charge is 0.425 e. The van der Waals surface area contributed by atoms with E-state index >= 15 is 0 Å². The first-order chi connectivity index (χ1) is 7.71. The maximum absolute atomic E-state index is 11.7. The van der Waals surface area contributed by atoms with Gasteiger partial charge in [0.05, 0.1) is 11.0 Å². The van der Waals surface area contributed by atoms with E-state index in [1.165, 1.54) is 19.1 Å². The molecule has 0 spiro atoms. The highest BCUT2D eigenvalue weighted by molar-refractivity contribution is 6.31. The van der Waals surface area contributed by atoms with E-state index in [1.54, 1.807) is 26.8 Å². The van der Waals surface area contributed by atoms with Crippen LogP contribution < -0.4 is 4.74 Å². The minimum Gasteiger partial charge on any atom is -0.425 e.